The zero-order chi connectivity index (χ0) is 20.9. The Bertz CT molecular complexity index is 936. The van der Waals surface area contributed by atoms with E-state index in [0.717, 1.165) is 19.4 Å². The van der Waals surface area contributed by atoms with Gasteiger partial charge in [0.15, 0.2) is 5.82 Å². The van der Waals surface area contributed by atoms with Crippen LogP contribution in [-0.4, -0.2) is 44.7 Å². The maximum atomic E-state index is 15.4. The Hall–Kier alpha value is -1.91. The molecular formula is C19H26FN3O5S. The van der Waals surface area contributed by atoms with E-state index in [4.69, 9.17) is 4.74 Å². The number of anilines is 1. The van der Waals surface area contributed by atoms with E-state index in [-0.39, 0.29) is 17.7 Å². The smallest absolute Gasteiger partial charge is 0.326 e. The Kier molecular flexibility index (Phi) is 5.20. The number of halogens is 1. The van der Waals surface area contributed by atoms with Gasteiger partial charge in [-0.2, -0.15) is 8.42 Å². The molecule has 3 heterocycles. The maximum absolute atomic E-state index is 15.4. The summed E-state index contributed by atoms with van der Waals surface area (Å²) in [6.07, 6.45) is 2.27. The number of benzene rings is 1. The van der Waals surface area contributed by atoms with E-state index in [9.17, 15) is 18.3 Å². The van der Waals surface area contributed by atoms with Crippen LogP contribution >= 0.6 is 0 Å². The fourth-order valence-corrected chi connectivity index (χ4v) is 5.56. The average molecular weight is 427 g/mol. The molecule has 2 saturated heterocycles. The van der Waals surface area contributed by atoms with Gasteiger partial charge in [-0.15, -0.1) is 0 Å². The lowest BCUT2D eigenvalue weighted by Crippen LogP contribution is -2.49. The molecule has 2 fully saturated rings. The highest BCUT2D eigenvalue weighted by Gasteiger charge is 2.43. The van der Waals surface area contributed by atoms with Crippen molar-refractivity contribution in [3.05, 3.63) is 23.0 Å². The molecule has 1 unspecified atom stereocenters. The van der Waals surface area contributed by atoms with Gasteiger partial charge in [0, 0.05) is 18.0 Å². The predicted molar refractivity (Wildman–Crippen MR) is 104 cm³/mol. The van der Waals surface area contributed by atoms with Crippen molar-refractivity contribution >= 4 is 21.8 Å². The first-order valence-electron chi connectivity index (χ1n) is 9.93. The Morgan fingerprint density at radius 1 is 1.41 bits per heavy atom. The first-order valence-corrected chi connectivity index (χ1v) is 11.4. The molecule has 0 radical (unpaired) electrons. The highest BCUT2D eigenvalue weighted by atomic mass is 32.2. The topological polar surface area (TPSA) is 108 Å². The molecule has 8 nitrogen and oxygen atoms in total. The fraction of sp³-hybridized carbons (Fsp3) is 0.632. The van der Waals surface area contributed by atoms with E-state index in [1.54, 1.807) is 4.72 Å². The molecule has 1 aromatic rings. The van der Waals surface area contributed by atoms with Crippen molar-refractivity contribution in [3.8, 4) is 5.75 Å². The minimum absolute atomic E-state index is 0.128. The third-order valence-corrected chi connectivity index (χ3v) is 7.19. The number of phenols is 1. The van der Waals surface area contributed by atoms with E-state index in [0.29, 0.717) is 28.6 Å². The molecule has 1 amide bonds. The Balaban J connectivity index is 1.63. The third kappa shape index (κ3) is 3.69. The van der Waals surface area contributed by atoms with Crippen molar-refractivity contribution in [2.75, 3.05) is 17.4 Å². The number of hydrogen-bond acceptors (Lipinski definition) is 6. The Morgan fingerprint density at radius 2 is 2.17 bits per heavy atom. The van der Waals surface area contributed by atoms with Crippen LogP contribution in [0.5, 0.6) is 5.75 Å². The summed E-state index contributed by atoms with van der Waals surface area (Å²) < 4.78 is 48.1. The van der Waals surface area contributed by atoms with Gasteiger partial charge in [0.05, 0.1) is 12.2 Å². The van der Waals surface area contributed by atoms with Crippen LogP contribution in [0.3, 0.4) is 0 Å². The largest absolute Gasteiger partial charge is 0.506 e. The van der Waals surface area contributed by atoms with E-state index < -0.39 is 46.0 Å². The number of carbonyl (C=O) groups excluding carboxylic acids is 1. The number of nitrogens with zero attached hydrogens (tertiary/aromatic N) is 1. The summed E-state index contributed by atoms with van der Waals surface area (Å²) in [5, 5.41) is 13.9. The lowest BCUT2D eigenvalue weighted by Gasteiger charge is -2.42. The zero-order valence-electron chi connectivity index (χ0n) is 16.4. The minimum Gasteiger partial charge on any atom is -0.506 e. The van der Waals surface area contributed by atoms with E-state index in [1.807, 2.05) is 0 Å². The number of amides is 1. The molecule has 3 N–H and O–H groups in total. The second kappa shape index (κ2) is 7.41. The number of ether oxygens (including phenoxy) is 1. The van der Waals surface area contributed by atoms with Crippen molar-refractivity contribution < 1.29 is 27.4 Å². The van der Waals surface area contributed by atoms with Gasteiger partial charge in [-0.3, -0.25) is 4.79 Å². The summed E-state index contributed by atoms with van der Waals surface area (Å²) in [5.41, 5.74) is 0.404. The highest BCUT2D eigenvalue weighted by molar-refractivity contribution is 7.92. The summed E-state index contributed by atoms with van der Waals surface area (Å²) in [4.78, 5) is 11.5. The Morgan fingerprint density at radius 3 is 2.83 bits per heavy atom. The number of fused-ring (bicyclic) bond motifs is 4. The lowest BCUT2D eigenvalue weighted by atomic mass is 9.82. The van der Waals surface area contributed by atoms with Crippen molar-refractivity contribution in [3.63, 3.8) is 0 Å². The monoisotopic (exact) mass is 427 g/mol. The molecule has 2 bridgehead atoms. The van der Waals surface area contributed by atoms with Crippen LogP contribution in [0, 0.1) is 11.7 Å². The number of carbonyl (C=O) groups is 1. The maximum Gasteiger partial charge on any atom is 0.326 e. The fourth-order valence-electron chi connectivity index (χ4n) is 4.39. The van der Waals surface area contributed by atoms with Crippen LogP contribution in [0.4, 0.5) is 10.1 Å². The van der Waals surface area contributed by atoms with Crippen LogP contribution in [0.15, 0.2) is 6.07 Å². The third-order valence-electron chi connectivity index (χ3n) is 5.81. The van der Waals surface area contributed by atoms with Crippen LogP contribution in [0.2, 0.25) is 0 Å². The van der Waals surface area contributed by atoms with Crippen LogP contribution < -0.4 is 14.3 Å². The highest BCUT2D eigenvalue weighted by Crippen LogP contribution is 2.46. The summed E-state index contributed by atoms with van der Waals surface area (Å²) in [5.74, 6) is -1.51. The number of aromatic hydroxyl groups is 1. The molecule has 160 valence electrons. The van der Waals surface area contributed by atoms with Gasteiger partial charge >= 0.3 is 10.2 Å². The molecule has 0 aromatic heterocycles. The summed E-state index contributed by atoms with van der Waals surface area (Å²) in [7, 11) is -4.23. The summed E-state index contributed by atoms with van der Waals surface area (Å²) in [6, 6.07) is 1.56. The number of hydrogen-bond donors (Lipinski definition) is 3. The van der Waals surface area contributed by atoms with Crippen LogP contribution in [0.1, 0.15) is 50.3 Å². The molecule has 1 aromatic carbocycles. The molecule has 0 saturated carbocycles. The van der Waals surface area contributed by atoms with Crippen LogP contribution in [0.25, 0.3) is 0 Å². The van der Waals surface area contributed by atoms with Crippen molar-refractivity contribution in [1.29, 1.82) is 0 Å². The molecule has 0 aliphatic carbocycles. The van der Waals surface area contributed by atoms with Gasteiger partial charge in [-0.1, -0.05) is 13.8 Å². The molecule has 3 atom stereocenters. The minimum atomic E-state index is -4.23. The SMILES string of the molecule is CC(C)CCNC1CC[C@H]2O[C@@H]1Cc1cc(O)c(N3CC(=O)NS3(=O)=O)c(F)c12. The number of phenolic OH excluding ortho intramolecular Hbond substituents is 1. The van der Waals surface area contributed by atoms with Gasteiger partial charge < -0.3 is 15.2 Å². The molecule has 29 heavy (non-hydrogen) atoms. The van der Waals surface area contributed by atoms with Crippen molar-refractivity contribution in [2.45, 2.75) is 57.8 Å². The molecule has 3 aliphatic rings. The summed E-state index contributed by atoms with van der Waals surface area (Å²) in [6.45, 7) is 4.64. The second-order valence-electron chi connectivity index (χ2n) is 8.36. The van der Waals surface area contributed by atoms with E-state index >= 15 is 4.39 Å². The number of rotatable bonds is 5. The first kappa shape index (κ1) is 20.4. The lowest BCUT2D eigenvalue weighted by molar-refractivity contribution is -0.117. The summed E-state index contributed by atoms with van der Waals surface area (Å²) >= 11 is 0. The molecular weight excluding hydrogens is 401 g/mol. The van der Waals surface area contributed by atoms with E-state index in [2.05, 4.69) is 19.2 Å². The molecule has 0 spiro atoms. The zero-order valence-corrected chi connectivity index (χ0v) is 17.3. The molecule has 4 rings (SSSR count). The standard InChI is InChI=1S/C19H26FN3O5S/c1-10(2)5-6-21-12-3-4-14-17-11(8-15(12)28-14)7-13(24)19(18(17)20)23-9-16(25)22-29(23,26)27/h7,10,12,14-15,21,24H,3-6,8-9H2,1-2H3,(H,22,25)/t12?,14-,15-/m1/s1. The normalized spacial score (nSPS) is 27.8. The van der Waals surface area contributed by atoms with Gasteiger partial charge in [0.25, 0.3) is 5.91 Å². The van der Waals surface area contributed by atoms with Crippen molar-refractivity contribution in [1.82, 2.24) is 10.0 Å². The molecule has 10 heteroatoms. The predicted octanol–water partition coefficient (Wildman–Crippen LogP) is 1.49. The van der Waals surface area contributed by atoms with Gasteiger partial charge in [-0.25, -0.2) is 13.4 Å². The van der Waals surface area contributed by atoms with Crippen molar-refractivity contribution in [2.24, 2.45) is 5.92 Å². The quantitative estimate of drug-likeness (QED) is 0.657. The second-order valence-corrected chi connectivity index (χ2v) is 9.95. The first-order chi connectivity index (χ1) is 13.7. The molecule has 3 aliphatic heterocycles. The number of nitrogens with one attached hydrogen (secondary N) is 2. The van der Waals surface area contributed by atoms with Gasteiger partial charge in [0.1, 0.15) is 18.0 Å². The average Bonchev–Trinajstić information content (AvgIpc) is 2.88. The Labute approximate surface area is 169 Å². The van der Waals surface area contributed by atoms with Crippen LogP contribution in [-0.2, 0) is 26.2 Å². The van der Waals surface area contributed by atoms with Gasteiger partial charge in [-0.05, 0) is 43.4 Å². The van der Waals surface area contributed by atoms with E-state index in [1.165, 1.54) is 6.07 Å². The van der Waals surface area contributed by atoms with Gasteiger partial charge in [0.2, 0.25) is 0 Å².